The van der Waals surface area contributed by atoms with E-state index >= 15 is 0 Å². The second-order valence-electron chi connectivity index (χ2n) is 6.27. The fourth-order valence-electron chi connectivity index (χ4n) is 3.92. The van der Waals surface area contributed by atoms with Gasteiger partial charge in [0, 0.05) is 25.1 Å². The molecule has 4 rings (SSSR count). The van der Waals surface area contributed by atoms with E-state index in [1.807, 2.05) is 0 Å². The van der Waals surface area contributed by atoms with E-state index in [1.54, 1.807) is 0 Å². The van der Waals surface area contributed by atoms with Crippen LogP contribution in [0.3, 0.4) is 0 Å². The second kappa shape index (κ2) is 5.28. The number of fused-ring (bicyclic) bond motifs is 2. The zero-order chi connectivity index (χ0) is 14.1. The molecule has 1 saturated heterocycles. The maximum absolute atomic E-state index is 6.08. The first-order chi connectivity index (χ1) is 10.4. The number of rotatable bonds is 1. The SMILES string of the molecule is c1ccc(C2CC3(CCO2)CNCc2ccccc23)cc1. The van der Waals surface area contributed by atoms with Gasteiger partial charge in [-0.15, -0.1) is 0 Å². The van der Waals surface area contributed by atoms with Crippen molar-refractivity contribution in [3.05, 3.63) is 71.3 Å². The number of nitrogens with one attached hydrogen (secondary N) is 1. The first-order valence-corrected chi connectivity index (χ1v) is 7.83. The highest BCUT2D eigenvalue weighted by molar-refractivity contribution is 5.38. The third-order valence-corrected chi connectivity index (χ3v) is 5.01. The topological polar surface area (TPSA) is 21.3 Å². The Hall–Kier alpha value is -1.64. The lowest BCUT2D eigenvalue weighted by molar-refractivity contribution is -0.0247. The predicted molar refractivity (Wildman–Crippen MR) is 84.2 cm³/mol. The third kappa shape index (κ3) is 2.29. The molecule has 2 heteroatoms. The van der Waals surface area contributed by atoms with Crippen LogP contribution in [0.2, 0.25) is 0 Å². The molecule has 2 aliphatic heterocycles. The summed E-state index contributed by atoms with van der Waals surface area (Å²) in [7, 11) is 0. The highest BCUT2D eigenvalue weighted by Crippen LogP contribution is 2.44. The Bertz CT molecular complexity index is 624. The minimum absolute atomic E-state index is 0.216. The highest BCUT2D eigenvalue weighted by Gasteiger charge is 2.41. The van der Waals surface area contributed by atoms with E-state index in [0.29, 0.717) is 0 Å². The molecule has 0 saturated carbocycles. The van der Waals surface area contributed by atoms with Crippen LogP contribution in [0, 0.1) is 0 Å². The molecule has 0 radical (unpaired) electrons. The van der Waals surface area contributed by atoms with Crippen LogP contribution in [0.15, 0.2) is 54.6 Å². The van der Waals surface area contributed by atoms with Crippen LogP contribution in [-0.2, 0) is 16.7 Å². The second-order valence-corrected chi connectivity index (χ2v) is 6.27. The number of hydrogen-bond acceptors (Lipinski definition) is 2. The van der Waals surface area contributed by atoms with Gasteiger partial charge < -0.3 is 10.1 Å². The van der Waals surface area contributed by atoms with E-state index < -0.39 is 0 Å². The molecule has 0 aliphatic carbocycles. The van der Waals surface area contributed by atoms with Crippen molar-refractivity contribution in [2.45, 2.75) is 30.9 Å². The quantitative estimate of drug-likeness (QED) is 0.861. The molecule has 2 nitrogen and oxygen atoms in total. The summed E-state index contributed by atoms with van der Waals surface area (Å²) in [4.78, 5) is 0. The van der Waals surface area contributed by atoms with Crippen molar-refractivity contribution < 1.29 is 4.74 Å². The average molecular weight is 279 g/mol. The van der Waals surface area contributed by atoms with Gasteiger partial charge in [0.25, 0.3) is 0 Å². The van der Waals surface area contributed by atoms with Crippen molar-refractivity contribution in [3.8, 4) is 0 Å². The smallest absolute Gasteiger partial charge is 0.0833 e. The van der Waals surface area contributed by atoms with Crippen LogP contribution in [0.4, 0.5) is 0 Å². The summed E-state index contributed by atoms with van der Waals surface area (Å²) in [6.07, 6.45) is 2.40. The van der Waals surface area contributed by atoms with Crippen LogP contribution in [0.5, 0.6) is 0 Å². The van der Waals surface area contributed by atoms with Crippen molar-refractivity contribution in [2.24, 2.45) is 0 Å². The Kier molecular flexibility index (Phi) is 3.28. The van der Waals surface area contributed by atoms with E-state index in [2.05, 4.69) is 59.9 Å². The van der Waals surface area contributed by atoms with Crippen LogP contribution in [0.1, 0.15) is 35.6 Å². The summed E-state index contributed by atoms with van der Waals surface area (Å²) in [5.74, 6) is 0. The number of ether oxygens (including phenoxy) is 1. The van der Waals surface area contributed by atoms with Crippen molar-refractivity contribution in [1.29, 1.82) is 0 Å². The highest BCUT2D eigenvalue weighted by atomic mass is 16.5. The molecule has 2 heterocycles. The molecule has 2 atom stereocenters. The van der Waals surface area contributed by atoms with Crippen LogP contribution < -0.4 is 5.32 Å². The normalized spacial score (nSPS) is 28.3. The Morgan fingerprint density at radius 2 is 1.81 bits per heavy atom. The Morgan fingerprint density at radius 1 is 1.00 bits per heavy atom. The largest absolute Gasteiger partial charge is 0.373 e. The minimum Gasteiger partial charge on any atom is -0.373 e. The lowest BCUT2D eigenvalue weighted by atomic mass is 9.68. The summed E-state index contributed by atoms with van der Waals surface area (Å²) >= 11 is 0. The fourth-order valence-corrected chi connectivity index (χ4v) is 3.92. The van der Waals surface area contributed by atoms with Crippen LogP contribution >= 0.6 is 0 Å². The zero-order valence-corrected chi connectivity index (χ0v) is 12.2. The standard InChI is InChI=1S/C19H21NO/c1-2-6-15(7-3-1)18-12-19(10-11-21-18)14-20-13-16-8-4-5-9-17(16)19/h1-9,18,20H,10-14H2. The van der Waals surface area contributed by atoms with E-state index in [0.717, 1.165) is 32.5 Å². The van der Waals surface area contributed by atoms with Gasteiger partial charge in [-0.2, -0.15) is 0 Å². The van der Waals surface area contributed by atoms with Crippen molar-refractivity contribution in [1.82, 2.24) is 5.32 Å². The van der Waals surface area contributed by atoms with Gasteiger partial charge in [-0.25, -0.2) is 0 Å². The van der Waals surface area contributed by atoms with Gasteiger partial charge in [-0.1, -0.05) is 54.6 Å². The van der Waals surface area contributed by atoms with Gasteiger partial charge in [0.05, 0.1) is 6.10 Å². The molecule has 0 aromatic heterocycles. The Morgan fingerprint density at radius 3 is 2.71 bits per heavy atom. The maximum atomic E-state index is 6.08. The third-order valence-electron chi connectivity index (χ3n) is 5.01. The first-order valence-electron chi connectivity index (χ1n) is 7.83. The number of hydrogen-bond donors (Lipinski definition) is 1. The molecule has 21 heavy (non-hydrogen) atoms. The lowest BCUT2D eigenvalue weighted by Gasteiger charge is -2.45. The fraction of sp³-hybridized carbons (Fsp3) is 0.368. The van der Waals surface area contributed by atoms with Gasteiger partial charge in [0.1, 0.15) is 0 Å². The van der Waals surface area contributed by atoms with Crippen LogP contribution in [-0.4, -0.2) is 13.2 Å². The van der Waals surface area contributed by atoms with Gasteiger partial charge >= 0.3 is 0 Å². The molecule has 1 spiro atoms. The van der Waals surface area contributed by atoms with Gasteiger partial charge in [0.15, 0.2) is 0 Å². The average Bonchev–Trinajstić information content (AvgIpc) is 2.56. The van der Waals surface area contributed by atoms with E-state index in [9.17, 15) is 0 Å². The van der Waals surface area contributed by atoms with Gasteiger partial charge in [-0.05, 0) is 29.5 Å². The molecule has 2 aliphatic rings. The monoisotopic (exact) mass is 279 g/mol. The number of benzene rings is 2. The summed E-state index contributed by atoms with van der Waals surface area (Å²) in [6.45, 7) is 2.90. The van der Waals surface area contributed by atoms with E-state index in [-0.39, 0.29) is 11.5 Å². The molecule has 2 aromatic carbocycles. The van der Waals surface area contributed by atoms with Crippen molar-refractivity contribution in [2.75, 3.05) is 13.2 Å². The summed E-state index contributed by atoms with van der Waals surface area (Å²) < 4.78 is 6.08. The lowest BCUT2D eigenvalue weighted by Crippen LogP contribution is -2.47. The first kappa shape index (κ1) is 13.1. The van der Waals surface area contributed by atoms with E-state index in [4.69, 9.17) is 4.74 Å². The van der Waals surface area contributed by atoms with Crippen molar-refractivity contribution in [3.63, 3.8) is 0 Å². The molecule has 0 amide bonds. The van der Waals surface area contributed by atoms with Crippen LogP contribution in [0.25, 0.3) is 0 Å². The summed E-state index contributed by atoms with van der Waals surface area (Å²) in [5.41, 5.74) is 4.53. The maximum Gasteiger partial charge on any atom is 0.0833 e. The molecular formula is C19H21NO. The van der Waals surface area contributed by atoms with Gasteiger partial charge in [-0.3, -0.25) is 0 Å². The molecule has 108 valence electrons. The Labute approximate surface area is 126 Å². The summed E-state index contributed by atoms with van der Waals surface area (Å²) in [5, 5.41) is 3.62. The van der Waals surface area contributed by atoms with Gasteiger partial charge in [0.2, 0.25) is 0 Å². The molecule has 2 aromatic rings. The zero-order valence-electron chi connectivity index (χ0n) is 12.2. The molecule has 2 unspecified atom stereocenters. The minimum atomic E-state index is 0.216. The molecular weight excluding hydrogens is 258 g/mol. The van der Waals surface area contributed by atoms with Crippen molar-refractivity contribution >= 4 is 0 Å². The molecule has 1 N–H and O–H groups in total. The predicted octanol–water partition coefficient (Wildman–Crippen LogP) is 3.58. The molecule has 1 fully saturated rings. The Balaban J connectivity index is 1.70. The summed E-state index contributed by atoms with van der Waals surface area (Å²) in [6, 6.07) is 19.6. The molecule has 0 bridgehead atoms. The van der Waals surface area contributed by atoms with E-state index in [1.165, 1.54) is 16.7 Å².